The molecular formula is C25H19IN4O3. The first kappa shape index (κ1) is 21.2. The summed E-state index contributed by atoms with van der Waals surface area (Å²) < 4.78 is 19.6. The Kier molecular flexibility index (Phi) is 5.82. The molecule has 0 aliphatic heterocycles. The molecule has 0 aliphatic carbocycles. The van der Waals surface area contributed by atoms with Crippen molar-refractivity contribution in [3.05, 3.63) is 88.6 Å². The van der Waals surface area contributed by atoms with Crippen LogP contribution in [0.1, 0.15) is 11.1 Å². The first-order valence-electron chi connectivity index (χ1n) is 10.1. The van der Waals surface area contributed by atoms with E-state index in [-0.39, 0.29) is 0 Å². The molecule has 0 fully saturated rings. The molecule has 0 spiro atoms. The number of aromatic nitrogens is 4. The van der Waals surface area contributed by atoms with Gasteiger partial charge in [-0.1, -0.05) is 24.8 Å². The van der Waals surface area contributed by atoms with Gasteiger partial charge in [-0.2, -0.15) is 5.10 Å². The van der Waals surface area contributed by atoms with Crippen LogP contribution in [0.4, 0.5) is 0 Å². The minimum atomic E-state index is 0.539. The van der Waals surface area contributed by atoms with Gasteiger partial charge in [-0.3, -0.25) is 0 Å². The van der Waals surface area contributed by atoms with E-state index in [4.69, 9.17) is 19.0 Å². The van der Waals surface area contributed by atoms with Crippen molar-refractivity contribution < 1.29 is 13.9 Å². The number of nitrogens with zero attached hydrogens (tertiary/aromatic N) is 4. The molecule has 2 aromatic carbocycles. The third-order valence-electron chi connectivity index (χ3n) is 5.18. The summed E-state index contributed by atoms with van der Waals surface area (Å²) in [7, 11) is 1.66. The lowest BCUT2D eigenvalue weighted by Gasteiger charge is -2.10. The third-order valence-corrected chi connectivity index (χ3v) is 5.93. The van der Waals surface area contributed by atoms with E-state index in [1.807, 2.05) is 53.2 Å². The largest absolute Gasteiger partial charge is 0.497 e. The second-order valence-electron chi connectivity index (χ2n) is 7.20. The van der Waals surface area contributed by atoms with Gasteiger partial charge < -0.3 is 13.9 Å². The molecule has 7 nitrogen and oxygen atoms in total. The highest BCUT2D eigenvalue weighted by atomic mass is 127. The van der Waals surface area contributed by atoms with Crippen LogP contribution in [0.5, 0.6) is 17.2 Å². The SMILES string of the molecule is C=Cc1cc(Oc2ccnc3c2c(I)nn3Cc2ccc(OC)cc2)ccc1-c1ncco1. The minimum Gasteiger partial charge on any atom is -0.497 e. The molecule has 3 heterocycles. The molecule has 5 aromatic rings. The van der Waals surface area contributed by atoms with Crippen LogP contribution in [0.25, 0.3) is 28.6 Å². The fourth-order valence-corrected chi connectivity index (χ4v) is 4.34. The number of benzene rings is 2. The summed E-state index contributed by atoms with van der Waals surface area (Å²) in [6, 6.07) is 15.5. The summed E-state index contributed by atoms with van der Waals surface area (Å²) in [5.41, 5.74) is 3.57. The summed E-state index contributed by atoms with van der Waals surface area (Å²) in [6.45, 7) is 4.50. The van der Waals surface area contributed by atoms with Gasteiger partial charge in [0.05, 0.1) is 25.2 Å². The van der Waals surface area contributed by atoms with Crippen LogP contribution in [0.2, 0.25) is 0 Å². The predicted octanol–water partition coefficient (Wildman–Crippen LogP) is 6.18. The zero-order chi connectivity index (χ0) is 22.8. The second kappa shape index (κ2) is 9.07. The maximum absolute atomic E-state index is 6.27. The van der Waals surface area contributed by atoms with Gasteiger partial charge in [0, 0.05) is 17.8 Å². The number of rotatable bonds is 7. The highest BCUT2D eigenvalue weighted by molar-refractivity contribution is 14.1. The Morgan fingerprint density at radius 1 is 1.06 bits per heavy atom. The summed E-state index contributed by atoms with van der Waals surface area (Å²) in [4.78, 5) is 8.80. The second-order valence-corrected chi connectivity index (χ2v) is 8.22. The third kappa shape index (κ3) is 4.21. The highest BCUT2D eigenvalue weighted by Gasteiger charge is 2.17. The summed E-state index contributed by atoms with van der Waals surface area (Å²) >= 11 is 2.22. The fourth-order valence-electron chi connectivity index (χ4n) is 3.58. The van der Waals surface area contributed by atoms with Crippen LogP contribution < -0.4 is 9.47 Å². The van der Waals surface area contributed by atoms with Crippen molar-refractivity contribution in [1.29, 1.82) is 0 Å². The molecule has 164 valence electrons. The first-order valence-corrected chi connectivity index (χ1v) is 11.2. The lowest BCUT2D eigenvalue weighted by atomic mass is 10.1. The van der Waals surface area contributed by atoms with Gasteiger partial charge in [0.1, 0.15) is 27.2 Å². The number of ether oxygens (including phenoxy) is 2. The van der Waals surface area contributed by atoms with Crippen LogP contribution in [0.15, 0.2) is 78.2 Å². The Morgan fingerprint density at radius 3 is 2.61 bits per heavy atom. The minimum absolute atomic E-state index is 0.539. The van der Waals surface area contributed by atoms with Crippen LogP contribution in [-0.4, -0.2) is 26.9 Å². The molecule has 0 N–H and O–H groups in total. The van der Waals surface area contributed by atoms with Gasteiger partial charge in [-0.15, -0.1) is 0 Å². The maximum Gasteiger partial charge on any atom is 0.226 e. The van der Waals surface area contributed by atoms with Gasteiger partial charge in [-0.25, -0.2) is 14.6 Å². The molecule has 0 unspecified atom stereocenters. The number of fused-ring (bicyclic) bond motifs is 1. The van der Waals surface area contributed by atoms with Crippen molar-refractivity contribution in [2.75, 3.05) is 7.11 Å². The van der Waals surface area contributed by atoms with Gasteiger partial charge in [0.2, 0.25) is 5.89 Å². The van der Waals surface area contributed by atoms with Crippen LogP contribution in [0.3, 0.4) is 0 Å². The van der Waals surface area contributed by atoms with E-state index in [0.29, 0.717) is 23.9 Å². The quantitative estimate of drug-likeness (QED) is 0.225. The number of oxazole rings is 1. The molecule has 3 aromatic heterocycles. The molecule has 33 heavy (non-hydrogen) atoms. The summed E-state index contributed by atoms with van der Waals surface area (Å²) in [5, 5.41) is 5.57. The lowest BCUT2D eigenvalue weighted by molar-refractivity contribution is 0.414. The van der Waals surface area contributed by atoms with Crippen molar-refractivity contribution in [2.24, 2.45) is 0 Å². The van der Waals surface area contributed by atoms with Crippen LogP contribution in [-0.2, 0) is 6.54 Å². The lowest BCUT2D eigenvalue weighted by Crippen LogP contribution is -2.02. The molecule has 0 saturated heterocycles. The normalized spacial score (nSPS) is 11.0. The molecule has 8 heteroatoms. The highest BCUT2D eigenvalue weighted by Crippen LogP contribution is 2.34. The monoisotopic (exact) mass is 550 g/mol. The number of halogens is 1. The summed E-state index contributed by atoms with van der Waals surface area (Å²) in [5.74, 6) is 2.72. The van der Waals surface area contributed by atoms with Gasteiger partial charge in [0.25, 0.3) is 0 Å². The average Bonchev–Trinajstić information content (AvgIpc) is 3.49. The molecular weight excluding hydrogens is 531 g/mol. The first-order chi connectivity index (χ1) is 16.2. The van der Waals surface area contributed by atoms with Gasteiger partial charge >= 0.3 is 0 Å². The van der Waals surface area contributed by atoms with E-state index >= 15 is 0 Å². The van der Waals surface area contributed by atoms with E-state index in [2.05, 4.69) is 39.1 Å². The Bertz CT molecular complexity index is 1430. The number of hydrogen-bond acceptors (Lipinski definition) is 6. The Labute approximate surface area is 203 Å². The van der Waals surface area contributed by atoms with E-state index in [0.717, 1.165) is 37.2 Å². The Hall–Kier alpha value is -3.66. The predicted molar refractivity (Wildman–Crippen MR) is 134 cm³/mol. The van der Waals surface area contributed by atoms with Crippen molar-refractivity contribution in [1.82, 2.24) is 19.7 Å². The number of hydrogen-bond donors (Lipinski definition) is 0. The van der Waals surface area contributed by atoms with Crippen LogP contribution >= 0.6 is 22.6 Å². The van der Waals surface area contributed by atoms with E-state index < -0.39 is 0 Å². The van der Waals surface area contributed by atoms with E-state index in [1.165, 1.54) is 0 Å². The zero-order valence-corrected chi connectivity index (χ0v) is 19.9. The van der Waals surface area contributed by atoms with Crippen molar-refractivity contribution >= 4 is 39.7 Å². The molecule has 0 bridgehead atoms. The number of methoxy groups -OCH3 is 1. The maximum atomic E-state index is 6.27. The zero-order valence-electron chi connectivity index (χ0n) is 17.7. The standard InChI is InChI=1S/C25H19IN4O3/c1-3-17-14-19(8-9-20(17)25-28-12-13-32-25)33-21-10-11-27-24-22(21)23(26)29-30(24)15-16-4-6-18(31-2)7-5-16/h3-14H,1,15H2,2H3. The van der Waals surface area contributed by atoms with Crippen molar-refractivity contribution in [3.63, 3.8) is 0 Å². The Morgan fingerprint density at radius 2 is 1.88 bits per heavy atom. The Balaban J connectivity index is 1.47. The van der Waals surface area contributed by atoms with Gasteiger partial charge in [0.15, 0.2) is 5.65 Å². The molecule has 0 saturated carbocycles. The molecule has 0 radical (unpaired) electrons. The smallest absolute Gasteiger partial charge is 0.226 e. The molecule has 0 aliphatic rings. The van der Waals surface area contributed by atoms with Crippen molar-refractivity contribution in [3.8, 4) is 28.7 Å². The fraction of sp³-hybridized carbons (Fsp3) is 0.0800. The van der Waals surface area contributed by atoms with Crippen LogP contribution in [0, 0.1) is 3.70 Å². The van der Waals surface area contributed by atoms with Crippen molar-refractivity contribution in [2.45, 2.75) is 6.54 Å². The van der Waals surface area contributed by atoms with E-state index in [9.17, 15) is 0 Å². The average molecular weight is 550 g/mol. The topological polar surface area (TPSA) is 75.2 Å². The number of pyridine rings is 1. The van der Waals surface area contributed by atoms with E-state index in [1.54, 1.807) is 31.8 Å². The summed E-state index contributed by atoms with van der Waals surface area (Å²) in [6.07, 6.45) is 6.65. The van der Waals surface area contributed by atoms with Gasteiger partial charge in [-0.05, 0) is 64.0 Å². The molecule has 0 atom stereocenters. The molecule has 5 rings (SSSR count). The molecule has 0 amide bonds.